The SMILES string of the molecule is Cc1ccc(C(=O)Nc2ccn(CC(=O)O)n2)c(O)c1. The smallest absolute Gasteiger partial charge is 0.325 e. The van der Waals surface area contributed by atoms with E-state index in [1.54, 1.807) is 13.0 Å². The molecule has 1 amide bonds. The van der Waals surface area contributed by atoms with Crippen LogP contribution < -0.4 is 5.32 Å². The van der Waals surface area contributed by atoms with Crippen molar-refractivity contribution < 1.29 is 19.8 Å². The lowest BCUT2D eigenvalue weighted by Gasteiger charge is -2.05. The average molecular weight is 275 g/mol. The highest BCUT2D eigenvalue weighted by atomic mass is 16.4. The lowest BCUT2D eigenvalue weighted by molar-refractivity contribution is -0.137. The number of aryl methyl sites for hydroxylation is 1. The van der Waals surface area contributed by atoms with Gasteiger partial charge in [0.1, 0.15) is 12.3 Å². The Kier molecular flexibility index (Phi) is 3.69. The summed E-state index contributed by atoms with van der Waals surface area (Å²) in [6, 6.07) is 6.18. The molecule has 7 nitrogen and oxygen atoms in total. The van der Waals surface area contributed by atoms with E-state index in [0.29, 0.717) is 0 Å². The van der Waals surface area contributed by atoms with Crippen LogP contribution in [-0.2, 0) is 11.3 Å². The molecule has 1 aromatic carbocycles. The van der Waals surface area contributed by atoms with Crippen LogP contribution in [0.5, 0.6) is 5.75 Å². The lowest BCUT2D eigenvalue weighted by Crippen LogP contribution is -2.14. The Morgan fingerprint density at radius 1 is 1.35 bits per heavy atom. The van der Waals surface area contributed by atoms with E-state index in [2.05, 4.69) is 10.4 Å². The fraction of sp³-hybridized carbons (Fsp3) is 0.154. The van der Waals surface area contributed by atoms with Crippen LogP contribution in [0.3, 0.4) is 0 Å². The van der Waals surface area contributed by atoms with E-state index in [9.17, 15) is 14.7 Å². The lowest BCUT2D eigenvalue weighted by atomic mass is 10.1. The van der Waals surface area contributed by atoms with Crippen LogP contribution in [-0.4, -0.2) is 31.9 Å². The summed E-state index contributed by atoms with van der Waals surface area (Å²) in [4.78, 5) is 22.5. The summed E-state index contributed by atoms with van der Waals surface area (Å²) >= 11 is 0. The first-order valence-corrected chi connectivity index (χ1v) is 5.82. The molecule has 0 aliphatic heterocycles. The van der Waals surface area contributed by atoms with Crippen molar-refractivity contribution in [3.63, 3.8) is 0 Å². The van der Waals surface area contributed by atoms with Crippen molar-refractivity contribution in [2.24, 2.45) is 0 Å². The molecule has 0 fully saturated rings. The van der Waals surface area contributed by atoms with E-state index >= 15 is 0 Å². The number of carbonyl (C=O) groups is 2. The Morgan fingerprint density at radius 3 is 2.75 bits per heavy atom. The summed E-state index contributed by atoms with van der Waals surface area (Å²) in [5.41, 5.74) is 0.966. The number of phenolic OH excluding ortho intramolecular Hbond substituents is 1. The number of carboxylic acid groups (broad SMARTS) is 1. The van der Waals surface area contributed by atoms with Gasteiger partial charge in [-0.1, -0.05) is 6.07 Å². The number of aromatic hydroxyl groups is 1. The molecule has 3 N–H and O–H groups in total. The molecule has 0 aliphatic carbocycles. The topological polar surface area (TPSA) is 104 Å². The first-order valence-electron chi connectivity index (χ1n) is 5.82. The fourth-order valence-corrected chi connectivity index (χ4v) is 1.67. The second-order valence-corrected chi connectivity index (χ2v) is 4.27. The van der Waals surface area contributed by atoms with E-state index < -0.39 is 11.9 Å². The molecule has 0 bridgehead atoms. The highest BCUT2D eigenvalue weighted by Crippen LogP contribution is 2.19. The van der Waals surface area contributed by atoms with Gasteiger partial charge in [-0.05, 0) is 24.6 Å². The second kappa shape index (κ2) is 5.43. The minimum absolute atomic E-state index is 0.118. The molecule has 0 saturated carbocycles. The van der Waals surface area contributed by atoms with Gasteiger partial charge in [-0.2, -0.15) is 5.10 Å². The summed E-state index contributed by atoms with van der Waals surface area (Å²) in [7, 11) is 0. The van der Waals surface area contributed by atoms with Crippen LogP contribution in [0.1, 0.15) is 15.9 Å². The van der Waals surface area contributed by atoms with Crippen molar-refractivity contribution in [3.05, 3.63) is 41.6 Å². The van der Waals surface area contributed by atoms with Crippen LogP contribution in [0.25, 0.3) is 0 Å². The molecule has 0 aliphatic rings. The number of phenols is 1. The quantitative estimate of drug-likeness (QED) is 0.778. The van der Waals surface area contributed by atoms with Crippen LogP contribution in [0.15, 0.2) is 30.5 Å². The number of nitrogens with zero attached hydrogens (tertiary/aromatic N) is 2. The molecule has 20 heavy (non-hydrogen) atoms. The minimum atomic E-state index is -1.03. The fourth-order valence-electron chi connectivity index (χ4n) is 1.67. The van der Waals surface area contributed by atoms with Gasteiger partial charge in [0.25, 0.3) is 5.91 Å². The molecule has 2 rings (SSSR count). The maximum Gasteiger partial charge on any atom is 0.325 e. The maximum absolute atomic E-state index is 11.9. The number of carboxylic acids is 1. The number of nitrogens with one attached hydrogen (secondary N) is 1. The molecule has 0 radical (unpaired) electrons. The van der Waals surface area contributed by atoms with Crippen molar-refractivity contribution >= 4 is 17.7 Å². The van der Waals surface area contributed by atoms with Crippen molar-refractivity contribution in [3.8, 4) is 5.75 Å². The van der Waals surface area contributed by atoms with Crippen molar-refractivity contribution in [2.45, 2.75) is 13.5 Å². The number of hydrogen-bond donors (Lipinski definition) is 3. The van der Waals surface area contributed by atoms with E-state index in [-0.39, 0.29) is 23.7 Å². The third-order valence-corrected chi connectivity index (χ3v) is 2.58. The molecule has 0 spiro atoms. The van der Waals surface area contributed by atoms with Crippen molar-refractivity contribution in [2.75, 3.05) is 5.32 Å². The monoisotopic (exact) mass is 275 g/mol. The Hall–Kier alpha value is -2.83. The number of anilines is 1. The number of rotatable bonds is 4. The predicted molar refractivity (Wildman–Crippen MR) is 70.7 cm³/mol. The average Bonchev–Trinajstić information content (AvgIpc) is 2.75. The molecular weight excluding hydrogens is 262 g/mol. The van der Waals surface area contributed by atoms with Gasteiger partial charge in [0.05, 0.1) is 5.56 Å². The van der Waals surface area contributed by atoms with Gasteiger partial charge >= 0.3 is 5.97 Å². The Morgan fingerprint density at radius 2 is 2.10 bits per heavy atom. The molecule has 104 valence electrons. The molecule has 0 saturated heterocycles. The summed E-state index contributed by atoms with van der Waals surface area (Å²) < 4.78 is 1.19. The number of carbonyl (C=O) groups excluding carboxylic acids is 1. The zero-order valence-electron chi connectivity index (χ0n) is 10.7. The van der Waals surface area contributed by atoms with Gasteiger partial charge in [0.2, 0.25) is 0 Å². The highest BCUT2D eigenvalue weighted by Gasteiger charge is 2.12. The predicted octanol–water partition coefficient (Wildman–Crippen LogP) is 1.23. The van der Waals surface area contributed by atoms with Gasteiger partial charge in [0, 0.05) is 12.3 Å². The molecular formula is C13H13N3O4. The Balaban J connectivity index is 2.11. The van der Waals surface area contributed by atoms with Crippen molar-refractivity contribution in [1.29, 1.82) is 0 Å². The zero-order chi connectivity index (χ0) is 14.7. The third-order valence-electron chi connectivity index (χ3n) is 2.58. The molecule has 0 unspecified atom stereocenters. The summed E-state index contributed by atoms with van der Waals surface area (Å²) in [5, 5.41) is 24.7. The normalized spacial score (nSPS) is 10.2. The van der Waals surface area contributed by atoms with Gasteiger partial charge in [-0.15, -0.1) is 0 Å². The number of amides is 1. The maximum atomic E-state index is 11.9. The van der Waals surface area contributed by atoms with Gasteiger partial charge in [0.15, 0.2) is 5.82 Å². The van der Waals surface area contributed by atoms with Crippen LogP contribution in [0.2, 0.25) is 0 Å². The van der Waals surface area contributed by atoms with Crippen molar-refractivity contribution in [1.82, 2.24) is 9.78 Å². The van der Waals surface area contributed by atoms with E-state index in [1.165, 1.54) is 29.1 Å². The zero-order valence-corrected chi connectivity index (χ0v) is 10.7. The summed E-state index contributed by atoms with van der Waals surface area (Å²) in [5.74, 6) is -1.44. The van der Waals surface area contributed by atoms with E-state index in [0.717, 1.165) is 5.56 Å². The van der Waals surface area contributed by atoms with E-state index in [4.69, 9.17) is 5.11 Å². The number of aromatic nitrogens is 2. The summed E-state index contributed by atoms with van der Waals surface area (Å²) in [6.07, 6.45) is 1.44. The van der Waals surface area contributed by atoms with Gasteiger partial charge in [-0.3, -0.25) is 14.3 Å². The number of benzene rings is 1. The number of hydrogen-bond acceptors (Lipinski definition) is 4. The van der Waals surface area contributed by atoms with E-state index in [1.807, 2.05) is 0 Å². The molecule has 7 heteroatoms. The molecule has 2 aromatic rings. The van der Waals surface area contributed by atoms with Crippen LogP contribution in [0, 0.1) is 6.92 Å². The van der Waals surface area contributed by atoms with Gasteiger partial charge < -0.3 is 15.5 Å². The highest BCUT2D eigenvalue weighted by molar-refractivity contribution is 6.05. The number of aliphatic carboxylic acids is 1. The first kappa shape index (κ1) is 13.6. The second-order valence-electron chi connectivity index (χ2n) is 4.27. The van der Waals surface area contributed by atoms with Crippen LogP contribution >= 0.6 is 0 Å². The third kappa shape index (κ3) is 3.14. The Bertz CT molecular complexity index is 663. The first-order chi connectivity index (χ1) is 9.45. The molecule has 1 heterocycles. The standard InChI is InChI=1S/C13H13N3O4/c1-8-2-3-9(10(17)6-8)13(20)14-11-4-5-16(15-11)7-12(18)19/h2-6,17H,7H2,1H3,(H,18,19)(H,14,15,20). The minimum Gasteiger partial charge on any atom is -0.507 e. The van der Waals surface area contributed by atoms with Gasteiger partial charge in [-0.25, -0.2) is 0 Å². The molecule has 1 aromatic heterocycles. The summed E-state index contributed by atoms with van der Waals surface area (Å²) in [6.45, 7) is 1.51. The van der Waals surface area contributed by atoms with Crippen LogP contribution in [0.4, 0.5) is 5.82 Å². The molecule has 0 atom stereocenters. The Labute approximate surface area is 114 Å². The largest absolute Gasteiger partial charge is 0.507 e.